The zero-order chi connectivity index (χ0) is 15.0. The van der Waals surface area contributed by atoms with Gasteiger partial charge in [-0.05, 0) is 24.6 Å². The Kier molecular flexibility index (Phi) is 6.15. The van der Waals surface area contributed by atoms with Crippen molar-refractivity contribution < 1.29 is 17.9 Å². The Morgan fingerprint density at radius 1 is 1.35 bits per heavy atom. The first-order valence-corrected chi connectivity index (χ1v) is 7.74. The monoisotopic (exact) mass is 296 g/mol. The van der Waals surface area contributed by atoms with Crippen LogP contribution in [0.15, 0.2) is 24.3 Å². The van der Waals surface area contributed by atoms with Crippen LogP contribution in [0, 0.1) is 11.3 Å². The number of esters is 1. The van der Waals surface area contributed by atoms with E-state index in [-0.39, 0.29) is 25.3 Å². The number of hydrogen-bond acceptors (Lipinski definition) is 5. The second kappa shape index (κ2) is 7.62. The number of carbonyl (C=O) groups excluding carboxylic acids is 1. The molecule has 1 rings (SSSR count). The van der Waals surface area contributed by atoms with Crippen molar-refractivity contribution in [3.05, 3.63) is 35.4 Å². The molecule has 0 heterocycles. The SMILES string of the molecule is CCOC(=O)CCNS(=O)(=O)Cc1ccc(C#N)cc1. The van der Waals surface area contributed by atoms with Gasteiger partial charge in [-0.15, -0.1) is 0 Å². The number of rotatable bonds is 7. The summed E-state index contributed by atoms with van der Waals surface area (Å²) in [6.45, 7) is 1.97. The van der Waals surface area contributed by atoms with E-state index in [0.29, 0.717) is 11.1 Å². The van der Waals surface area contributed by atoms with Crippen LogP contribution in [0.2, 0.25) is 0 Å². The Balaban J connectivity index is 2.48. The Labute approximate surface area is 118 Å². The summed E-state index contributed by atoms with van der Waals surface area (Å²) < 4.78 is 30.6. The van der Waals surface area contributed by atoms with E-state index in [1.807, 2.05) is 6.07 Å². The molecule has 0 saturated carbocycles. The van der Waals surface area contributed by atoms with Gasteiger partial charge in [0.2, 0.25) is 10.0 Å². The normalized spacial score (nSPS) is 10.8. The Bertz CT molecular complexity index is 588. The number of nitrogens with zero attached hydrogens (tertiary/aromatic N) is 1. The molecular formula is C13H16N2O4S. The molecule has 1 aromatic carbocycles. The van der Waals surface area contributed by atoms with E-state index in [2.05, 4.69) is 4.72 Å². The zero-order valence-electron chi connectivity index (χ0n) is 11.1. The van der Waals surface area contributed by atoms with Gasteiger partial charge in [-0.2, -0.15) is 5.26 Å². The number of ether oxygens (including phenoxy) is 1. The lowest BCUT2D eigenvalue weighted by molar-refractivity contribution is -0.142. The lowest BCUT2D eigenvalue weighted by atomic mass is 10.2. The van der Waals surface area contributed by atoms with Crippen molar-refractivity contribution in [2.24, 2.45) is 0 Å². The van der Waals surface area contributed by atoms with Crippen molar-refractivity contribution in [3.8, 4) is 6.07 Å². The first-order valence-electron chi connectivity index (χ1n) is 6.09. The Morgan fingerprint density at radius 3 is 2.55 bits per heavy atom. The summed E-state index contributed by atoms with van der Waals surface area (Å²) in [6, 6.07) is 8.25. The van der Waals surface area contributed by atoms with Gasteiger partial charge in [0, 0.05) is 6.54 Å². The van der Waals surface area contributed by atoms with E-state index >= 15 is 0 Å². The molecular weight excluding hydrogens is 280 g/mol. The summed E-state index contributed by atoms with van der Waals surface area (Å²) in [5.41, 5.74) is 1.05. The topological polar surface area (TPSA) is 96.3 Å². The largest absolute Gasteiger partial charge is 0.466 e. The lowest BCUT2D eigenvalue weighted by Crippen LogP contribution is -2.28. The molecule has 0 aliphatic heterocycles. The fraction of sp³-hybridized carbons (Fsp3) is 0.385. The number of nitriles is 1. The summed E-state index contributed by atoms with van der Waals surface area (Å²) in [5, 5.41) is 8.65. The van der Waals surface area contributed by atoms with Crippen LogP contribution in [-0.2, 0) is 25.3 Å². The van der Waals surface area contributed by atoms with E-state index in [9.17, 15) is 13.2 Å². The minimum Gasteiger partial charge on any atom is -0.466 e. The minimum absolute atomic E-state index is 0.000437. The first-order chi connectivity index (χ1) is 9.46. The highest BCUT2D eigenvalue weighted by Crippen LogP contribution is 2.07. The van der Waals surface area contributed by atoms with Crippen LogP contribution in [0.3, 0.4) is 0 Å². The van der Waals surface area contributed by atoms with Crippen LogP contribution in [0.4, 0.5) is 0 Å². The maximum Gasteiger partial charge on any atom is 0.307 e. The second-order valence-corrected chi connectivity index (χ2v) is 5.82. The molecule has 108 valence electrons. The quantitative estimate of drug-likeness (QED) is 0.755. The van der Waals surface area contributed by atoms with E-state index in [0.717, 1.165) is 0 Å². The van der Waals surface area contributed by atoms with Crippen molar-refractivity contribution in [1.82, 2.24) is 4.72 Å². The number of hydrogen-bond donors (Lipinski definition) is 1. The van der Waals surface area contributed by atoms with Gasteiger partial charge in [0.15, 0.2) is 0 Å². The number of nitrogens with one attached hydrogen (secondary N) is 1. The molecule has 0 aliphatic carbocycles. The third-order valence-corrected chi connectivity index (χ3v) is 3.75. The highest BCUT2D eigenvalue weighted by atomic mass is 32.2. The zero-order valence-corrected chi connectivity index (χ0v) is 11.9. The summed E-state index contributed by atoms with van der Waals surface area (Å²) in [5.74, 6) is -0.629. The standard InChI is InChI=1S/C13H16N2O4S/c1-2-19-13(16)7-8-15-20(17,18)10-12-5-3-11(9-14)4-6-12/h3-6,15H,2,7-8,10H2,1H3. The van der Waals surface area contributed by atoms with Crippen molar-refractivity contribution in [3.63, 3.8) is 0 Å². The highest BCUT2D eigenvalue weighted by Gasteiger charge is 2.12. The molecule has 7 heteroatoms. The summed E-state index contributed by atoms with van der Waals surface area (Å²) >= 11 is 0. The molecule has 6 nitrogen and oxygen atoms in total. The van der Waals surface area contributed by atoms with E-state index in [1.54, 1.807) is 31.2 Å². The molecule has 0 saturated heterocycles. The predicted molar refractivity (Wildman–Crippen MR) is 73.0 cm³/mol. The van der Waals surface area contributed by atoms with Crippen molar-refractivity contribution in [2.45, 2.75) is 19.1 Å². The van der Waals surface area contributed by atoms with Gasteiger partial charge in [0.05, 0.1) is 30.4 Å². The van der Waals surface area contributed by atoms with Gasteiger partial charge in [-0.25, -0.2) is 13.1 Å². The van der Waals surface area contributed by atoms with Gasteiger partial charge in [-0.1, -0.05) is 12.1 Å². The average molecular weight is 296 g/mol. The minimum atomic E-state index is -3.51. The number of benzene rings is 1. The third-order valence-electron chi connectivity index (χ3n) is 2.40. The fourth-order valence-electron chi connectivity index (χ4n) is 1.49. The molecule has 20 heavy (non-hydrogen) atoms. The van der Waals surface area contributed by atoms with E-state index < -0.39 is 16.0 Å². The second-order valence-electron chi connectivity index (χ2n) is 4.02. The van der Waals surface area contributed by atoms with Crippen molar-refractivity contribution in [1.29, 1.82) is 5.26 Å². The molecule has 1 aromatic rings. The summed E-state index contributed by atoms with van der Waals surface area (Å²) in [6.07, 6.45) is 0.000437. The molecule has 0 atom stereocenters. The van der Waals surface area contributed by atoms with Crippen LogP contribution < -0.4 is 4.72 Å². The molecule has 0 amide bonds. The Hall–Kier alpha value is -1.91. The summed E-state index contributed by atoms with van der Waals surface area (Å²) in [4.78, 5) is 11.1. The number of carbonyl (C=O) groups is 1. The molecule has 1 N–H and O–H groups in total. The van der Waals surface area contributed by atoms with Crippen LogP contribution >= 0.6 is 0 Å². The Morgan fingerprint density at radius 2 is 2.00 bits per heavy atom. The van der Waals surface area contributed by atoms with Gasteiger partial charge >= 0.3 is 5.97 Å². The van der Waals surface area contributed by atoms with Crippen molar-refractivity contribution in [2.75, 3.05) is 13.2 Å². The third kappa shape index (κ3) is 5.82. The number of sulfonamides is 1. The van der Waals surface area contributed by atoms with Crippen molar-refractivity contribution >= 4 is 16.0 Å². The first kappa shape index (κ1) is 16.1. The van der Waals surface area contributed by atoms with Crippen LogP contribution in [0.25, 0.3) is 0 Å². The maximum atomic E-state index is 11.8. The average Bonchev–Trinajstić information content (AvgIpc) is 2.39. The molecule has 0 fully saturated rings. The highest BCUT2D eigenvalue weighted by molar-refractivity contribution is 7.88. The van der Waals surface area contributed by atoms with Gasteiger partial charge in [0.25, 0.3) is 0 Å². The fourth-order valence-corrected chi connectivity index (χ4v) is 2.63. The van der Waals surface area contributed by atoms with Gasteiger partial charge in [0.1, 0.15) is 0 Å². The molecule has 0 unspecified atom stereocenters. The predicted octanol–water partition coefficient (Wildman–Crippen LogP) is 0.931. The lowest BCUT2D eigenvalue weighted by Gasteiger charge is -2.06. The van der Waals surface area contributed by atoms with Gasteiger partial charge < -0.3 is 4.74 Å². The smallest absolute Gasteiger partial charge is 0.307 e. The molecule has 0 spiro atoms. The van der Waals surface area contributed by atoms with Gasteiger partial charge in [-0.3, -0.25) is 4.79 Å². The van der Waals surface area contributed by atoms with Crippen LogP contribution in [0.1, 0.15) is 24.5 Å². The van der Waals surface area contributed by atoms with Crippen LogP contribution in [-0.4, -0.2) is 27.5 Å². The summed E-state index contributed by atoms with van der Waals surface area (Å²) in [7, 11) is -3.51. The molecule has 0 aromatic heterocycles. The van der Waals surface area contributed by atoms with Crippen LogP contribution in [0.5, 0.6) is 0 Å². The molecule has 0 aliphatic rings. The van der Waals surface area contributed by atoms with E-state index in [1.165, 1.54) is 0 Å². The molecule has 0 radical (unpaired) electrons. The molecule has 0 bridgehead atoms. The van der Waals surface area contributed by atoms with E-state index in [4.69, 9.17) is 10.00 Å². The maximum absolute atomic E-state index is 11.8.